The van der Waals surface area contributed by atoms with E-state index in [2.05, 4.69) is 21.4 Å². The molecule has 2 aromatic rings. The van der Waals surface area contributed by atoms with Gasteiger partial charge < -0.3 is 14.7 Å². The zero-order valence-corrected chi connectivity index (χ0v) is 17.1. The number of halogens is 2. The van der Waals surface area contributed by atoms with Crippen LogP contribution in [0.2, 0.25) is 0 Å². The molecule has 3 heterocycles. The highest BCUT2D eigenvalue weighted by Gasteiger charge is 2.25. The van der Waals surface area contributed by atoms with Crippen molar-refractivity contribution in [3.63, 3.8) is 0 Å². The molecule has 1 aromatic carbocycles. The van der Waals surface area contributed by atoms with Crippen LogP contribution in [0.1, 0.15) is 33.8 Å². The molecule has 1 aromatic heterocycles. The standard InChI is InChI=1S/C19H24N4O2.2ClH/c1-14-12-15(25-21-14)13-22-8-10-23(11-9-22)19(24)17-4-2-6-18-16(17)5-3-7-20-18;;/h2,4,6,12,20H,3,5,7-11,13H2,1H3;2*1H. The Morgan fingerprint density at radius 3 is 2.70 bits per heavy atom. The lowest BCUT2D eigenvalue weighted by molar-refractivity contribution is 0.0616. The Bertz CT molecular complexity index is 773. The van der Waals surface area contributed by atoms with Crippen LogP contribution >= 0.6 is 24.8 Å². The quantitative estimate of drug-likeness (QED) is 0.838. The van der Waals surface area contributed by atoms with E-state index >= 15 is 0 Å². The number of benzene rings is 1. The maximum Gasteiger partial charge on any atom is 0.254 e. The first kappa shape index (κ1) is 21.5. The number of amides is 1. The monoisotopic (exact) mass is 412 g/mol. The van der Waals surface area contributed by atoms with Crippen LogP contribution in [0, 0.1) is 6.92 Å². The molecule has 8 heteroatoms. The number of hydrogen-bond acceptors (Lipinski definition) is 5. The number of fused-ring (bicyclic) bond motifs is 1. The maximum absolute atomic E-state index is 13.0. The van der Waals surface area contributed by atoms with E-state index in [4.69, 9.17) is 4.52 Å². The van der Waals surface area contributed by atoms with Crippen LogP contribution < -0.4 is 5.32 Å². The Kier molecular flexibility index (Phi) is 7.53. The average molecular weight is 413 g/mol. The highest BCUT2D eigenvalue weighted by molar-refractivity contribution is 5.97. The highest BCUT2D eigenvalue weighted by atomic mass is 35.5. The van der Waals surface area contributed by atoms with Crippen LogP contribution in [0.25, 0.3) is 0 Å². The molecule has 4 rings (SSSR count). The van der Waals surface area contributed by atoms with Crippen molar-refractivity contribution >= 4 is 36.4 Å². The van der Waals surface area contributed by atoms with E-state index in [0.717, 1.165) is 74.8 Å². The molecular weight excluding hydrogens is 387 g/mol. The van der Waals surface area contributed by atoms with Gasteiger partial charge in [-0.25, -0.2) is 0 Å². The third-order valence-corrected chi connectivity index (χ3v) is 5.04. The van der Waals surface area contributed by atoms with Crippen molar-refractivity contribution in [3.05, 3.63) is 46.8 Å². The lowest BCUT2D eigenvalue weighted by Gasteiger charge is -2.35. The number of carbonyl (C=O) groups excluding carboxylic acids is 1. The summed E-state index contributed by atoms with van der Waals surface area (Å²) in [7, 11) is 0. The normalized spacial score (nSPS) is 16.6. The number of rotatable bonds is 3. The Hall–Kier alpha value is -1.76. The fourth-order valence-electron chi connectivity index (χ4n) is 3.70. The first-order valence-electron chi connectivity index (χ1n) is 9.00. The molecule has 148 valence electrons. The van der Waals surface area contributed by atoms with Crippen molar-refractivity contribution in [2.24, 2.45) is 0 Å². The van der Waals surface area contributed by atoms with Crippen molar-refractivity contribution in [1.29, 1.82) is 0 Å². The second-order valence-electron chi connectivity index (χ2n) is 6.86. The largest absolute Gasteiger partial charge is 0.385 e. The van der Waals surface area contributed by atoms with Crippen molar-refractivity contribution in [2.75, 3.05) is 38.0 Å². The van der Waals surface area contributed by atoms with Crippen molar-refractivity contribution in [1.82, 2.24) is 15.0 Å². The summed E-state index contributed by atoms with van der Waals surface area (Å²) < 4.78 is 5.29. The van der Waals surface area contributed by atoms with E-state index in [9.17, 15) is 4.79 Å². The van der Waals surface area contributed by atoms with Crippen molar-refractivity contribution < 1.29 is 9.32 Å². The number of carbonyl (C=O) groups is 1. The third-order valence-electron chi connectivity index (χ3n) is 5.04. The van der Waals surface area contributed by atoms with Gasteiger partial charge in [-0.05, 0) is 37.5 Å². The Balaban J connectivity index is 0.00000131. The number of nitrogens with zero attached hydrogens (tertiary/aromatic N) is 3. The molecule has 0 spiro atoms. The highest BCUT2D eigenvalue weighted by Crippen LogP contribution is 2.26. The minimum absolute atomic E-state index is 0. The molecule has 0 radical (unpaired) electrons. The summed E-state index contributed by atoms with van der Waals surface area (Å²) in [6.45, 7) is 6.90. The van der Waals surface area contributed by atoms with Crippen LogP contribution in [-0.4, -0.2) is 53.6 Å². The maximum atomic E-state index is 13.0. The molecule has 0 unspecified atom stereocenters. The first-order valence-corrected chi connectivity index (χ1v) is 9.00. The zero-order chi connectivity index (χ0) is 17.2. The lowest BCUT2D eigenvalue weighted by atomic mass is 9.96. The summed E-state index contributed by atoms with van der Waals surface area (Å²) in [6, 6.07) is 7.99. The van der Waals surface area contributed by atoms with E-state index in [-0.39, 0.29) is 30.7 Å². The summed E-state index contributed by atoms with van der Waals surface area (Å²) in [6.07, 6.45) is 2.07. The zero-order valence-electron chi connectivity index (χ0n) is 15.4. The molecule has 1 amide bonds. The van der Waals surface area contributed by atoms with Gasteiger partial charge in [0.1, 0.15) is 0 Å². The Morgan fingerprint density at radius 1 is 1.22 bits per heavy atom. The van der Waals surface area contributed by atoms with Crippen LogP contribution in [0.4, 0.5) is 5.69 Å². The summed E-state index contributed by atoms with van der Waals surface area (Å²) in [5, 5.41) is 7.34. The fraction of sp³-hybridized carbons (Fsp3) is 0.474. The Morgan fingerprint density at radius 2 is 2.00 bits per heavy atom. The minimum Gasteiger partial charge on any atom is -0.385 e. The molecule has 0 aliphatic carbocycles. The topological polar surface area (TPSA) is 61.6 Å². The van der Waals surface area contributed by atoms with E-state index in [1.54, 1.807) is 0 Å². The van der Waals surface area contributed by atoms with Gasteiger partial charge in [0.25, 0.3) is 5.91 Å². The molecule has 1 N–H and O–H groups in total. The van der Waals surface area contributed by atoms with Gasteiger partial charge in [-0.2, -0.15) is 0 Å². The smallest absolute Gasteiger partial charge is 0.254 e. The van der Waals surface area contributed by atoms with Crippen LogP contribution in [0.15, 0.2) is 28.8 Å². The number of nitrogens with one attached hydrogen (secondary N) is 1. The van der Waals surface area contributed by atoms with Crippen molar-refractivity contribution in [2.45, 2.75) is 26.3 Å². The number of piperazine rings is 1. The Labute approximate surface area is 172 Å². The van der Waals surface area contributed by atoms with Gasteiger partial charge in [0.2, 0.25) is 0 Å². The minimum atomic E-state index is 0. The summed E-state index contributed by atoms with van der Waals surface area (Å²) in [4.78, 5) is 17.3. The van der Waals surface area contributed by atoms with Gasteiger partial charge in [-0.15, -0.1) is 24.8 Å². The molecule has 27 heavy (non-hydrogen) atoms. The molecule has 2 aliphatic rings. The van der Waals surface area contributed by atoms with Crippen LogP contribution in [0.5, 0.6) is 0 Å². The van der Waals surface area contributed by atoms with Gasteiger partial charge in [0.15, 0.2) is 5.76 Å². The fourth-order valence-corrected chi connectivity index (χ4v) is 3.70. The third kappa shape index (κ3) is 4.75. The van der Waals surface area contributed by atoms with Crippen LogP contribution in [0.3, 0.4) is 0 Å². The molecule has 0 saturated carbocycles. The molecule has 0 atom stereocenters. The molecule has 1 fully saturated rings. The molecule has 6 nitrogen and oxygen atoms in total. The van der Waals surface area contributed by atoms with Gasteiger partial charge >= 0.3 is 0 Å². The van der Waals surface area contributed by atoms with Gasteiger partial charge in [0, 0.05) is 50.0 Å². The molecule has 1 saturated heterocycles. The van der Waals surface area contributed by atoms with Gasteiger partial charge in [-0.1, -0.05) is 11.2 Å². The van der Waals surface area contributed by atoms with E-state index in [1.165, 1.54) is 5.56 Å². The van der Waals surface area contributed by atoms with E-state index < -0.39 is 0 Å². The number of aryl methyl sites for hydroxylation is 1. The second-order valence-corrected chi connectivity index (χ2v) is 6.86. The van der Waals surface area contributed by atoms with Gasteiger partial charge in [0.05, 0.1) is 12.2 Å². The summed E-state index contributed by atoms with van der Waals surface area (Å²) in [5.74, 6) is 1.05. The lowest BCUT2D eigenvalue weighted by Crippen LogP contribution is -2.48. The van der Waals surface area contributed by atoms with Crippen LogP contribution in [-0.2, 0) is 13.0 Å². The van der Waals surface area contributed by atoms with Crippen molar-refractivity contribution in [3.8, 4) is 0 Å². The number of hydrogen-bond donors (Lipinski definition) is 1. The number of aromatic nitrogens is 1. The van der Waals surface area contributed by atoms with Gasteiger partial charge in [-0.3, -0.25) is 9.69 Å². The average Bonchev–Trinajstić information content (AvgIpc) is 3.06. The predicted molar refractivity (Wildman–Crippen MR) is 110 cm³/mol. The predicted octanol–water partition coefficient (Wildman–Crippen LogP) is 3.14. The summed E-state index contributed by atoms with van der Waals surface area (Å²) >= 11 is 0. The van der Waals surface area contributed by atoms with E-state index in [0.29, 0.717) is 0 Å². The second kappa shape index (κ2) is 9.44. The SMILES string of the molecule is Cc1cc(CN2CCN(C(=O)c3cccc4c3CCCN4)CC2)on1.Cl.Cl. The van der Waals surface area contributed by atoms with E-state index in [1.807, 2.05) is 30.0 Å². The molecule has 0 bridgehead atoms. The molecular formula is C19H26Cl2N4O2. The number of anilines is 1. The summed E-state index contributed by atoms with van der Waals surface area (Å²) in [5.41, 5.74) is 4.07. The molecule has 2 aliphatic heterocycles. The first-order chi connectivity index (χ1) is 12.2.